The first-order valence-electron chi connectivity index (χ1n) is 10.1. The second kappa shape index (κ2) is 7.10. The van der Waals surface area contributed by atoms with Crippen LogP contribution >= 0.6 is 23.2 Å². The summed E-state index contributed by atoms with van der Waals surface area (Å²) in [6, 6.07) is 7.33. The highest BCUT2D eigenvalue weighted by molar-refractivity contribution is 6.35. The Morgan fingerprint density at radius 1 is 1.00 bits per heavy atom. The minimum absolute atomic E-state index is 0.161. The van der Waals surface area contributed by atoms with Crippen molar-refractivity contribution in [1.29, 1.82) is 0 Å². The summed E-state index contributed by atoms with van der Waals surface area (Å²) >= 11 is 12.4. The van der Waals surface area contributed by atoms with Crippen molar-refractivity contribution < 1.29 is 9.59 Å². The summed E-state index contributed by atoms with van der Waals surface area (Å²) < 4.78 is 2.01. The van der Waals surface area contributed by atoms with Crippen molar-refractivity contribution in [2.45, 2.75) is 26.7 Å². The molecule has 1 saturated heterocycles. The van der Waals surface area contributed by atoms with Gasteiger partial charge in [0.05, 0.1) is 28.8 Å². The van der Waals surface area contributed by atoms with Gasteiger partial charge in [0.2, 0.25) is 0 Å². The summed E-state index contributed by atoms with van der Waals surface area (Å²) in [4.78, 5) is 25.9. The quantitative estimate of drug-likeness (QED) is 0.385. The van der Waals surface area contributed by atoms with Crippen LogP contribution in [-0.2, 0) is 9.59 Å². The van der Waals surface area contributed by atoms with E-state index in [1.807, 2.05) is 30.5 Å². The molecule has 1 aromatic heterocycles. The molecule has 2 fully saturated rings. The normalized spacial score (nSPS) is 27.5. The Balaban J connectivity index is 1.46. The summed E-state index contributed by atoms with van der Waals surface area (Å²) in [5.74, 6) is -0.523. The van der Waals surface area contributed by atoms with Crippen LogP contribution in [0.3, 0.4) is 0 Å². The second-order valence-electron chi connectivity index (χ2n) is 8.33. The Bertz CT molecular complexity index is 1100. The van der Waals surface area contributed by atoms with Crippen LogP contribution in [0, 0.1) is 37.5 Å². The summed E-state index contributed by atoms with van der Waals surface area (Å²) in [5, 5.41) is 6.55. The van der Waals surface area contributed by atoms with Crippen molar-refractivity contribution in [3.63, 3.8) is 0 Å². The largest absolute Gasteiger partial charge is 0.316 e. The summed E-state index contributed by atoms with van der Waals surface area (Å²) in [7, 11) is 0. The van der Waals surface area contributed by atoms with Gasteiger partial charge in [-0.3, -0.25) is 9.59 Å². The molecule has 4 aliphatic rings. The number of carbonyl (C=O) groups is 2. The number of rotatable bonds is 3. The summed E-state index contributed by atoms with van der Waals surface area (Å²) in [6.45, 7) is 3.93. The lowest BCUT2D eigenvalue weighted by Gasteiger charge is -2.37. The van der Waals surface area contributed by atoms with E-state index in [2.05, 4.69) is 17.3 Å². The van der Waals surface area contributed by atoms with Gasteiger partial charge in [0.1, 0.15) is 0 Å². The lowest BCUT2D eigenvalue weighted by Crippen LogP contribution is -2.38. The molecule has 2 heterocycles. The van der Waals surface area contributed by atoms with Gasteiger partial charge in [-0.1, -0.05) is 35.4 Å². The van der Waals surface area contributed by atoms with Gasteiger partial charge in [-0.2, -0.15) is 10.1 Å². The third-order valence-electron chi connectivity index (χ3n) is 6.67. The number of hydrogen-bond donors (Lipinski definition) is 0. The predicted molar refractivity (Wildman–Crippen MR) is 117 cm³/mol. The van der Waals surface area contributed by atoms with Gasteiger partial charge >= 0.3 is 0 Å². The molecule has 4 atom stereocenters. The number of imide groups is 1. The zero-order valence-corrected chi connectivity index (χ0v) is 18.2. The van der Waals surface area contributed by atoms with Crippen molar-refractivity contribution in [2.75, 3.05) is 0 Å². The van der Waals surface area contributed by atoms with Crippen LogP contribution in [0.2, 0.25) is 10.0 Å². The lowest BCUT2D eigenvalue weighted by molar-refractivity contribution is -0.140. The first-order chi connectivity index (χ1) is 14.4. The van der Waals surface area contributed by atoms with Gasteiger partial charge in [0.15, 0.2) is 0 Å². The Morgan fingerprint density at radius 3 is 2.20 bits per heavy atom. The van der Waals surface area contributed by atoms with Gasteiger partial charge < -0.3 is 4.57 Å². The standard InChI is InChI=1S/C23H21Cl2N3O2/c1-12-9-16(13(2)27(12)19-8-7-17(24)10-18(19)25)11-26-28-22(29)20-14-3-4-15(6-5-14)21(20)23(28)30/h3-4,7-11,14-15,20-21H,5-6H2,1-2H3/b26-11-/t14-,15-,20-,21-/m0/s1. The third-order valence-corrected chi connectivity index (χ3v) is 7.21. The lowest BCUT2D eigenvalue weighted by atomic mass is 9.63. The van der Waals surface area contributed by atoms with Crippen LogP contribution in [0.5, 0.6) is 0 Å². The molecule has 7 heteroatoms. The highest BCUT2D eigenvalue weighted by Gasteiger charge is 2.56. The number of allylic oxidation sites excluding steroid dienone is 2. The fourth-order valence-corrected chi connectivity index (χ4v) is 5.74. The summed E-state index contributed by atoms with van der Waals surface area (Å²) in [5.41, 5.74) is 3.53. The molecule has 1 aliphatic heterocycles. The molecule has 1 aromatic carbocycles. The first-order valence-corrected chi connectivity index (χ1v) is 10.9. The number of aryl methyl sites for hydroxylation is 1. The van der Waals surface area contributed by atoms with Crippen molar-refractivity contribution in [3.05, 3.63) is 63.4 Å². The average molecular weight is 442 g/mol. The topological polar surface area (TPSA) is 54.7 Å². The number of benzene rings is 1. The van der Waals surface area contributed by atoms with Crippen LogP contribution in [-0.4, -0.2) is 27.6 Å². The molecular weight excluding hydrogens is 421 g/mol. The van der Waals surface area contributed by atoms with E-state index in [0.717, 1.165) is 40.5 Å². The number of halogens is 2. The molecule has 0 radical (unpaired) electrons. The van der Waals surface area contributed by atoms with Crippen molar-refractivity contribution in [2.24, 2.45) is 28.8 Å². The van der Waals surface area contributed by atoms with Crippen molar-refractivity contribution in [3.8, 4) is 5.69 Å². The van der Waals surface area contributed by atoms with Crippen LogP contribution in [0.4, 0.5) is 0 Å². The maximum atomic E-state index is 12.9. The van der Waals surface area contributed by atoms with E-state index in [4.69, 9.17) is 23.2 Å². The van der Waals surface area contributed by atoms with E-state index in [1.54, 1.807) is 18.3 Å². The van der Waals surface area contributed by atoms with Crippen molar-refractivity contribution >= 4 is 41.2 Å². The van der Waals surface area contributed by atoms with E-state index in [1.165, 1.54) is 0 Å². The molecule has 0 spiro atoms. The molecule has 2 amide bonds. The Morgan fingerprint density at radius 2 is 1.63 bits per heavy atom. The maximum Gasteiger partial charge on any atom is 0.254 e. The fourth-order valence-electron chi connectivity index (χ4n) is 5.24. The first kappa shape index (κ1) is 19.6. The van der Waals surface area contributed by atoms with Gasteiger partial charge in [-0.15, -0.1) is 0 Å². The zero-order valence-electron chi connectivity index (χ0n) is 16.7. The molecule has 1 saturated carbocycles. The van der Waals surface area contributed by atoms with Gasteiger partial charge in [0.25, 0.3) is 11.8 Å². The third kappa shape index (κ3) is 2.87. The molecule has 3 aliphatic carbocycles. The molecule has 6 rings (SSSR count). The minimum atomic E-state index is -0.251. The number of hydrogen-bond acceptors (Lipinski definition) is 3. The van der Waals surface area contributed by atoms with E-state index < -0.39 is 0 Å². The molecular formula is C23H21Cl2N3O2. The zero-order chi connectivity index (χ0) is 21.2. The molecule has 154 valence electrons. The van der Waals surface area contributed by atoms with E-state index in [-0.39, 0.29) is 35.5 Å². The Hall–Kier alpha value is -2.37. The smallest absolute Gasteiger partial charge is 0.254 e. The van der Waals surface area contributed by atoms with E-state index in [0.29, 0.717) is 10.0 Å². The number of hydrazone groups is 1. The maximum absolute atomic E-state index is 12.9. The van der Waals surface area contributed by atoms with E-state index in [9.17, 15) is 9.59 Å². The highest BCUT2D eigenvalue weighted by Crippen LogP contribution is 2.49. The van der Waals surface area contributed by atoms with Crippen molar-refractivity contribution in [1.82, 2.24) is 9.58 Å². The van der Waals surface area contributed by atoms with Crippen LogP contribution < -0.4 is 0 Å². The molecule has 0 unspecified atom stereocenters. The van der Waals surface area contributed by atoms with Gasteiger partial charge in [0, 0.05) is 22.0 Å². The van der Waals surface area contributed by atoms with Crippen LogP contribution in [0.1, 0.15) is 29.8 Å². The number of carbonyl (C=O) groups excluding carboxylic acids is 2. The highest BCUT2D eigenvalue weighted by atomic mass is 35.5. The second-order valence-corrected chi connectivity index (χ2v) is 9.18. The monoisotopic (exact) mass is 441 g/mol. The van der Waals surface area contributed by atoms with Gasteiger partial charge in [-0.25, -0.2) is 0 Å². The SMILES string of the molecule is Cc1cc(/C=N\N2C(=O)[C@@H]3[C@@H](C2=O)[C@H]2C=C[C@H]3CC2)c(C)n1-c1ccc(Cl)cc1Cl. The average Bonchev–Trinajstić information content (AvgIpc) is 3.16. The van der Waals surface area contributed by atoms with Crippen LogP contribution in [0.15, 0.2) is 41.5 Å². The molecule has 2 bridgehead atoms. The predicted octanol–water partition coefficient (Wildman–Crippen LogP) is 4.93. The minimum Gasteiger partial charge on any atom is -0.316 e. The fraction of sp³-hybridized carbons (Fsp3) is 0.348. The van der Waals surface area contributed by atoms with E-state index >= 15 is 0 Å². The number of fused-ring (bicyclic) bond motifs is 1. The number of aromatic nitrogens is 1. The molecule has 30 heavy (non-hydrogen) atoms. The summed E-state index contributed by atoms with van der Waals surface area (Å²) in [6.07, 6.45) is 7.77. The molecule has 0 N–H and O–H groups in total. The van der Waals surface area contributed by atoms with Crippen LogP contribution in [0.25, 0.3) is 5.69 Å². The number of amides is 2. The molecule has 2 aromatic rings. The molecule has 5 nitrogen and oxygen atoms in total. The Kier molecular flexibility index (Phi) is 4.64. The number of nitrogens with zero attached hydrogens (tertiary/aromatic N) is 3. The van der Waals surface area contributed by atoms with Gasteiger partial charge in [-0.05, 0) is 62.8 Å². The Labute approximate surface area is 184 Å².